The second-order valence-corrected chi connectivity index (χ2v) is 3.12. The quantitative estimate of drug-likeness (QED) is 0.768. The standard InChI is InChI=1S/C10H12FNO3/c1-6(10(12)14)15-9-3-7(5-13)2-8(11)4-9/h2-4,6,13H,5H2,1H3,(H2,12,14). The van der Waals surface area contributed by atoms with Crippen LogP contribution in [0.2, 0.25) is 0 Å². The van der Waals surface area contributed by atoms with Gasteiger partial charge in [0, 0.05) is 6.07 Å². The van der Waals surface area contributed by atoms with Gasteiger partial charge in [-0.1, -0.05) is 0 Å². The maximum atomic E-state index is 13.0. The van der Waals surface area contributed by atoms with Gasteiger partial charge in [0.05, 0.1) is 6.61 Å². The van der Waals surface area contributed by atoms with Crippen LogP contribution < -0.4 is 10.5 Å². The summed E-state index contributed by atoms with van der Waals surface area (Å²) in [5, 5.41) is 8.82. The summed E-state index contributed by atoms with van der Waals surface area (Å²) in [6.07, 6.45) is -0.835. The lowest BCUT2D eigenvalue weighted by molar-refractivity contribution is -0.123. The molecule has 0 aromatic heterocycles. The molecule has 0 radical (unpaired) electrons. The Morgan fingerprint density at radius 2 is 2.27 bits per heavy atom. The highest BCUT2D eigenvalue weighted by Crippen LogP contribution is 2.17. The van der Waals surface area contributed by atoms with Gasteiger partial charge in [-0.25, -0.2) is 4.39 Å². The number of benzene rings is 1. The Bertz CT molecular complexity index is 368. The number of amides is 1. The van der Waals surface area contributed by atoms with Crippen molar-refractivity contribution in [3.63, 3.8) is 0 Å². The molecule has 0 aliphatic heterocycles. The monoisotopic (exact) mass is 213 g/mol. The molecule has 1 aromatic carbocycles. The molecule has 1 aromatic rings. The maximum Gasteiger partial charge on any atom is 0.258 e. The summed E-state index contributed by atoms with van der Waals surface area (Å²) in [5.41, 5.74) is 5.36. The van der Waals surface area contributed by atoms with Crippen LogP contribution in [0.4, 0.5) is 4.39 Å². The van der Waals surface area contributed by atoms with Crippen LogP contribution in [0, 0.1) is 5.82 Å². The van der Waals surface area contributed by atoms with Crippen LogP contribution in [0.25, 0.3) is 0 Å². The van der Waals surface area contributed by atoms with Crippen molar-refractivity contribution in [3.8, 4) is 5.75 Å². The zero-order valence-electron chi connectivity index (χ0n) is 8.24. The molecule has 0 aliphatic carbocycles. The Labute approximate surface area is 86.5 Å². The van der Waals surface area contributed by atoms with Crippen molar-refractivity contribution < 1.29 is 19.0 Å². The van der Waals surface area contributed by atoms with Crippen molar-refractivity contribution in [1.29, 1.82) is 0 Å². The van der Waals surface area contributed by atoms with Gasteiger partial charge in [0.2, 0.25) is 0 Å². The molecule has 0 aliphatic rings. The molecule has 0 heterocycles. The Morgan fingerprint density at radius 1 is 1.60 bits per heavy atom. The van der Waals surface area contributed by atoms with Crippen LogP contribution >= 0.6 is 0 Å². The van der Waals surface area contributed by atoms with E-state index in [0.717, 1.165) is 6.07 Å². The van der Waals surface area contributed by atoms with Crippen molar-refractivity contribution >= 4 is 5.91 Å². The van der Waals surface area contributed by atoms with Gasteiger partial charge in [-0.05, 0) is 24.6 Å². The summed E-state index contributed by atoms with van der Waals surface area (Å²) < 4.78 is 18.0. The van der Waals surface area contributed by atoms with E-state index in [2.05, 4.69) is 0 Å². The average molecular weight is 213 g/mol. The van der Waals surface area contributed by atoms with Crippen LogP contribution in [-0.2, 0) is 11.4 Å². The number of nitrogens with two attached hydrogens (primary N) is 1. The number of hydrogen-bond donors (Lipinski definition) is 2. The SMILES string of the molecule is CC(Oc1cc(F)cc(CO)c1)C(N)=O. The van der Waals surface area contributed by atoms with E-state index in [1.165, 1.54) is 19.1 Å². The summed E-state index contributed by atoms with van der Waals surface area (Å²) in [4.78, 5) is 10.7. The molecular weight excluding hydrogens is 201 g/mol. The summed E-state index contributed by atoms with van der Waals surface area (Å²) in [5.74, 6) is -0.997. The van der Waals surface area contributed by atoms with E-state index in [1.54, 1.807) is 0 Å². The van der Waals surface area contributed by atoms with Gasteiger partial charge in [0.15, 0.2) is 6.10 Å². The van der Waals surface area contributed by atoms with Crippen LogP contribution in [0.5, 0.6) is 5.75 Å². The molecule has 0 saturated carbocycles. The predicted molar refractivity (Wildman–Crippen MR) is 51.6 cm³/mol. The maximum absolute atomic E-state index is 13.0. The van der Waals surface area contributed by atoms with Gasteiger partial charge in [-0.15, -0.1) is 0 Å². The first-order valence-corrected chi connectivity index (χ1v) is 4.39. The number of primary amides is 1. The topological polar surface area (TPSA) is 72.6 Å². The van der Waals surface area contributed by atoms with Gasteiger partial charge in [-0.2, -0.15) is 0 Å². The summed E-state index contributed by atoms with van der Waals surface area (Å²) in [6, 6.07) is 3.75. The first-order valence-electron chi connectivity index (χ1n) is 4.39. The first-order chi connectivity index (χ1) is 7.02. The highest BCUT2D eigenvalue weighted by Gasteiger charge is 2.11. The molecule has 0 spiro atoms. The highest BCUT2D eigenvalue weighted by atomic mass is 19.1. The first kappa shape index (κ1) is 11.5. The second kappa shape index (κ2) is 4.75. The number of carbonyl (C=O) groups excluding carboxylic acids is 1. The minimum Gasteiger partial charge on any atom is -0.481 e. The minimum absolute atomic E-state index is 0.172. The van der Waals surface area contributed by atoms with Gasteiger partial charge in [0.25, 0.3) is 5.91 Å². The number of carbonyl (C=O) groups is 1. The number of aliphatic hydroxyl groups excluding tert-OH is 1. The molecule has 1 rings (SSSR count). The van der Waals surface area contributed by atoms with Crippen molar-refractivity contribution in [2.24, 2.45) is 5.73 Å². The normalized spacial score (nSPS) is 12.2. The third kappa shape index (κ3) is 3.21. The molecule has 0 saturated heterocycles. The molecule has 15 heavy (non-hydrogen) atoms. The van der Waals surface area contributed by atoms with Crippen molar-refractivity contribution in [2.75, 3.05) is 0 Å². The molecule has 1 atom stereocenters. The van der Waals surface area contributed by atoms with Crippen LogP contribution in [-0.4, -0.2) is 17.1 Å². The Hall–Kier alpha value is -1.62. The average Bonchev–Trinajstić information content (AvgIpc) is 2.16. The lowest BCUT2D eigenvalue weighted by atomic mass is 10.2. The molecule has 0 bridgehead atoms. The van der Waals surface area contributed by atoms with Crippen molar-refractivity contribution in [1.82, 2.24) is 0 Å². The van der Waals surface area contributed by atoms with Crippen LogP contribution in [0.15, 0.2) is 18.2 Å². The van der Waals surface area contributed by atoms with Gasteiger partial charge >= 0.3 is 0 Å². The number of rotatable bonds is 4. The smallest absolute Gasteiger partial charge is 0.258 e. The lowest BCUT2D eigenvalue weighted by Crippen LogP contribution is -2.30. The van der Waals surface area contributed by atoms with Gasteiger partial charge in [-0.3, -0.25) is 4.79 Å². The molecule has 0 fully saturated rings. The summed E-state index contributed by atoms with van der Waals surface area (Å²) >= 11 is 0. The highest BCUT2D eigenvalue weighted by molar-refractivity contribution is 5.78. The van der Waals surface area contributed by atoms with Crippen molar-refractivity contribution in [3.05, 3.63) is 29.6 Å². The molecule has 1 amide bonds. The molecule has 4 nitrogen and oxygen atoms in total. The van der Waals surface area contributed by atoms with E-state index >= 15 is 0 Å². The largest absolute Gasteiger partial charge is 0.481 e. The Kier molecular flexibility index (Phi) is 3.62. The molecule has 5 heteroatoms. The third-order valence-electron chi connectivity index (χ3n) is 1.83. The number of ether oxygens (including phenoxy) is 1. The Morgan fingerprint density at radius 3 is 2.80 bits per heavy atom. The predicted octanol–water partition coefficient (Wildman–Crippen LogP) is 0.571. The van der Waals surface area contributed by atoms with E-state index in [1.807, 2.05) is 0 Å². The third-order valence-corrected chi connectivity index (χ3v) is 1.83. The fourth-order valence-corrected chi connectivity index (χ4v) is 1.04. The zero-order valence-corrected chi connectivity index (χ0v) is 8.24. The number of hydrogen-bond acceptors (Lipinski definition) is 3. The number of halogens is 1. The molecular formula is C10H12FNO3. The lowest BCUT2D eigenvalue weighted by Gasteiger charge is -2.11. The van der Waals surface area contributed by atoms with Crippen LogP contribution in [0.1, 0.15) is 12.5 Å². The van der Waals surface area contributed by atoms with E-state index in [0.29, 0.717) is 5.56 Å². The van der Waals surface area contributed by atoms with Crippen molar-refractivity contribution in [2.45, 2.75) is 19.6 Å². The minimum atomic E-state index is -0.835. The summed E-state index contributed by atoms with van der Waals surface area (Å²) in [7, 11) is 0. The van der Waals surface area contributed by atoms with E-state index in [-0.39, 0.29) is 12.4 Å². The van der Waals surface area contributed by atoms with Crippen LogP contribution in [0.3, 0.4) is 0 Å². The zero-order chi connectivity index (χ0) is 11.4. The Balaban J connectivity index is 2.85. The molecule has 1 unspecified atom stereocenters. The number of aliphatic hydroxyl groups is 1. The fourth-order valence-electron chi connectivity index (χ4n) is 1.04. The molecule has 3 N–H and O–H groups in total. The van der Waals surface area contributed by atoms with E-state index in [4.69, 9.17) is 15.6 Å². The molecule has 82 valence electrons. The second-order valence-electron chi connectivity index (χ2n) is 3.12. The van der Waals surface area contributed by atoms with E-state index < -0.39 is 17.8 Å². The van der Waals surface area contributed by atoms with Gasteiger partial charge in [0.1, 0.15) is 11.6 Å². The van der Waals surface area contributed by atoms with E-state index in [9.17, 15) is 9.18 Å². The summed E-state index contributed by atoms with van der Waals surface area (Å²) in [6.45, 7) is 1.17. The van der Waals surface area contributed by atoms with Gasteiger partial charge < -0.3 is 15.6 Å². The fraction of sp³-hybridized carbons (Fsp3) is 0.300.